The number of hydrogen-bond donors (Lipinski definition) is 1. The number of halogens is 1. The second-order valence-electron chi connectivity index (χ2n) is 5.36. The van der Waals surface area contributed by atoms with E-state index in [1.807, 2.05) is 12.1 Å². The van der Waals surface area contributed by atoms with Crippen LogP contribution in [0.5, 0.6) is 5.75 Å². The Kier molecular flexibility index (Phi) is 5.83. The molecule has 0 bridgehead atoms. The summed E-state index contributed by atoms with van der Waals surface area (Å²) in [5.41, 5.74) is 2.54. The zero-order valence-electron chi connectivity index (χ0n) is 12.8. The molecule has 0 amide bonds. The van der Waals surface area contributed by atoms with Crippen molar-refractivity contribution >= 4 is 15.9 Å². The maximum Gasteiger partial charge on any atom is 0.123 e. The van der Waals surface area contributed by atoms with Crippen molar-refractivity contribution in [1.82, 2.24) is 5.32 Å². The molecule has 0 aromatic heterocycles. The molecule has 2 rings (SSSR count). The van der Waals surface area contributed by atoms with Gasteiger partial charge in [0.1, 0.15) is 5.75 Å². The fourth-order valence-corrected chi connectivity index (χ4v) is 2.84. The molecule has 0 aliphatic carbocycles. The second kappa shape index (κ2) is 7.62. The van der Waals surface area contributed by atoms with Gasteiger partial charge in [-0.2, -0.15) is 0 Å². The van der Waals surface area contributed by atoms with Crippen molar-refractivity contribution in [3.05, 3.63) is 64.1 Å². The second-order valence-corrected chi connectivity index (χ2v) is 6.28. The average molecular weight is 348 g/mol. The molecule has 0 saturated carbocycles. The van der Waals surface area contributed by atoms with Gasteiger partial charge < -0.3 is 10.1 Å². The van der Waals surface area contributed by atoms with Crippen LogP contribution in [0.15, 0.2) is 53.0 Å². The summed E-state index contributed by atoms with van der Waals surface area (Å²) in [6.45, 7) is 4.39. The van der Waals surface area contributed by atoms with Gasteiger partial charge >= 0.3 is 0 Å². The first-order valence-electron chi connectivity index (χ1n) is 7.23. The summed E-state index contributed by atoms with van der Waals surface area (Å²) < 4.78 is 6.55. The molecule has 0 fully saturated rings. The fraction of sp³-hybridized carbons (Fsp3) is 0.333. The molecule has 112 valence electrons. The van der Waals surface area contributed by atoms with Crippen LogP contribution in [0.25, 0.3) is 0 Å². The van der Waals surface area contributed by atoms with Crippen LogP contribution in [0.2, 0.25) is 0 Å². The molecule has 0 saturated heterocycles. The molecular weight excluding hydrogens is 326 g/mol. The van der Waals surface area contributed by atoms with Gasteiger partial charge in [0.2, 0.25) is 0 Å². The number of ether oxygens (including phenoxy) is 1. The predicted molar refractivity (Wildman–Crippen MR) is 91.9 cm³/mol. The zero-order chi connectivity index (χ0) is 15.2. The Balaban J connectivity index is 1.98. The maximum atomic E-state index is 5.43. The highest BCUT2D eigenvalue weighted by molar-refractivity contribution is 9.10. The normalized spacial score (nSPS) is 13.7. The lowest BCUT2D eigenvalue weighted by Crippen LogP contribution is -2.30. The highest BCUT2D eigenvalue weighted by Gasteiger charge is 2.13. The molecule has 0 radical (unpaired) electrons. The Morgan fingerprint density at radius 1 is 1.05 bits per heavy atom. The van der Waals surface area contributed by atoms with Crippen molar-refractivity contribution in [3.63, 3.8) is 0 Å². The Labute approximate surface area is 135 Å². The lowest BCUT2D eigenvalue weighted by molar-refractivity contribution is 0.395. The largest absolute Gasteiger partial charge is 0.496 e. The van der Waals surface area contributed by atoms with Gasteiger partial charge in [-0.25, -0.2) is 0 Å². The van der Waals surface area contributed by atoms with E-state index in [1.54, 1.807) is 7.11 Å². The number of hydrogen-bond acceptors (Lipinski definition) is 2. The van der Waals surface area contributed by atoms with Crippen LogP contribution in [0.4, 0.5) is 0 Å². The Hall–Kier alpha value is -1.32. The van der Waals surface area contributed by atoms with E-state index >= 15 is 0 Å². The van der Waals surface area contributed by atoms with E-state index in [1.165, 1.54) is 11.1 Å². The van der Waals surface area contributed by atoms with Crippen LogP contribution in [-0.2, 0) is 6.42 Å². The van der Waals surface area contributed by atoms with Gasteiger partial charge in [0.15, 0.2) is 0 Å². The first kappa shape index (κ1) is 16.1. The third-order valence-electron chi connectivity index (χ3n) is 3.60. The summed E-state index contributed by atoms with van der Waals surface area (Å²) in [7, 11) is 1.72. The molecule has 0 aliphatic heterocycles. The van der Waals surface area contributed by atoms with Crippen molar-refractivity contribution in [2.45, 2.75) is 32.4 Å². The van der Waals surface area contributed by atoms with Gasteiger partial charge in [0, 0.05) is 22.1 Å². The summed E-state index contributed by atoms with van der Waals surface area (Å²) in [6, 6.07) is 17.3. The molecule has 1 unspecified atom stereocenters. The maximum absolute atomic E-state index is 5.43. The Bertz CT molecular complexity index is 568. The predicted octanol–water partition coefficient (Wildman–Crippen LogP) is 4.74. The average Bonchev–Trinajstić information content (AvgIpc) is 2.49. The molecule has 2 aromatic carbocycles. The molecule has 21 heavy (non-hydrogen) atoms. The van der Waals surface area contributed by atoms with E-state index in [0.717, 1.165) is 16.6 Å². The van der Waals surface area contributed by atoms with Crippen molar-refractivity contribution in [2.75, 3.05) is 7.11 Å². The smallest absolute Gasteiger partial charge is 0.123 e. The van der Waals surface area contributed by atoms with E-state index in [9.17, 15) is 0 Å². The fourth-order valence-electron chi connectivity index (χ4n) is 2.57. The van der Waals surface area contributed by atoms with E-state index in [-0.39, 0.29) is 6.04 Å². The number of rotatable bonds is 6. The van der Waals surface area contributed by atoms with E-state index < -0.39 is 0 Å². The minimum atomic E-state index is 0.256. The summed E-state index contributed by atoms with van der Waals surface area (Å²) >= 11 is 3.47. The molecule has 0 heterocycles. The third-order valence-corrected chi connectivity index (χ3v) is 4.12. The minimum Gasteiger partial charge on any atom is -0.496 e. The molecule has 2 aromatic rings. The van der Waals surface area contributed by atoms with Crippen molar-refractivity contribution in [1.29, 1.82) is 0 Å². The highest BCUT2D eigenvalue weighted by atomic mass is 79.9. The highest BCUT2D eigenvalue weighted by Crippen LogP contribution is 2.25. The van der Waals surface area contributed by atoms with Crippen molar-refractivity contribution in [3.8, 4) is 5.75 Å². The van der Waals surface area contributed by atoms with Crippen LogP contribution < -0.4 is 10.1 Å². The number of nitrogens with one attached hydrogen (secondary N) is 1. The van der Waals surface area contributed by atoms with Gasteiger partial charge in [-0.1, -0.05) is 46.3 Å². The molecule has 0 spiro atoms. The SMILES string of the molecule is COc1ccccc1[C@H](C)NC(C)Cc1ccc(Br)cc1. The summed E-state index contributed by atoms with van der Waals surface area (Å²) in [5.74, 6) is 0.938. The van der Waals surface area contributed by atoms with Gasteiger partial charge in [-0.05, 0) is 44.0 Å². The molecule has 2 nitrogen and oxygen atoms in total. The quantitative estimate of drug-likeness (QED) is 0.814. The topological polar surface area (TPSA) is 21.3 Å². The van der Waals surface area contributed by atoms with Crippen LogP contribution in [-0.4, -0.2) is 13.2 Å². The standard InChI is InChI=1S/C18H22BrNO/c1-13(12-15-8-10-16(19)11-9-15)20-14(2)17-6-4-5-7-18(17)21-3/h4-11,13-14,20H,12H2,1-3H3/t13?,14-/m0/s1. The van der Waals surface area contributed by atoms with E-state index in [2.05, 4.69) is 71.5 Å². The first-order chi connectivity index (χ1) is 10.1. The van der Waals surface area contributed by atoms with Crippen LogP contribution in [0, 0.1) is 0 Å². The minimum absolute atomic E-state index is 0.256. The van der Waals surface area contributed by atoms with Gasteiger partial charge in [-0.15, -0.1) is 0 Å². The van der Waals surface area contributed by atoms with E-state index in [0.29, 0.717) is 6.04 Å². The van der Waals surface area contributed by atoms with Gasteiger partial charge in [0.25, 0.3) is 0 Å². The van der Waals surface area contributed by atoms with Crippen molar-refractivity contribution in [2.24, 2.45) is 0 Å². The molecule has 3 heteroatoms. The first-order valence-corrected chi connectivity index (χ1v) is 8.03. The molecule has 2 atom stereocenters. The Morgan fingerprint density at radius 2 is 1.71 bits per heavy atom. The van der Waals surface area contributed by atoms with Crippen LogP contribution in [0.1, 0.15) is 31.0 Å². The van der Waals surface area contributed by atoms with Crippen LogP contribution >= 0.6 is 15.9 Å². The number of benzene rings is 2. The monoisotopic (exact) mass is 347 g/mol. The Morgan fingerprint density at radius 3 is 2.38 bits per heavy atom. The third kappa shape index (κ3) is 4.58. The molecular formula is C18H22BrNO. The van der Waals surface area contributed by atoms with E-state index in [4.69, 9.17) is 4.74 Å². The summed E-state index contributed by atoms with van der Waals surface area (Å²) in [6.07, 6.45) is 1.01. The number of methoxy groups -OCH3 is 1. The number of para-hydroxylation sites is 1. The summed E-state index contributed by atoms with van der Waals surface area (Å²) in [4.78, 5) is 0. The lowest BCUT2D eigenvalue weighted by Gasteiger charge is -2.22. The summed E-state index contributed by atoms with van der Waals surface area (Å²) in [5, 5.41) is 3.64. The van der Waals surface area contributed by atoms with Crippen molar-refractivity contribution < 1.29 is 4.74 Å². The van der Waals surface area contributed by atoms with Gasteiger partial charge in [0.05, 0.1) is 7.11 Å². The van der Waals surface area contributed by atoms with Crippen LogP contribution in [0.3, 0.4) is 0 Å². The zero-order valence-corrected chi connectivity index (χ0v) is 14.4. The molecule has 1 N–H and O–H groups in total. The lowest BCUT2D eigenvalue weighted by atomic mass is 10.0. The molecule has 0 aliphatic rings. The van der Waals surface area contributed by atoms with Gasteiger partial charge in [-0.3, -0.25) is 0 Å².